The standard InChI is InChI=1S/C29H23BrO3/c30-26-15-13-25(14-16-26)27(31)17-11-22-12-18-28(32-20-23-7-3-1-4-8-23)29(19-22)33-21-24-9-5-2-6-10-24/h1-19H,20-21H2/b17-11+. The molecule has 0 spiro atoms. The fourth-order valence-electron chi connectivity index (χ4n) is 3.21. The highest BCUT2D eigenvalue weighted by molar-refractivity contribution is 9.10. The number of halogens is 1. The normalized spacial score (nSPS) is 10.8. The van der Waals surface area contributed by atoms with Crippen LogP contribution >= 0.6 is 15.9 Å². The van der Waals surface area contributed by atoms with Crippen LogP contribution in [0.5, 0.6) is 11.5 Å². The van der Waals surface area contributed by atoms with Gasteiger partial charge in [0.1, 0.15) is 13.2 Å². The number of hydrogen-bond donors (Lipinski definition) is 0. The molecule has 0 aromatic heterocycles. The molecule has 0 saturated carbocycles. The molecule has 0 amide bonds. The van der Waals surface area contributed by atoms with Crippen molar-refractivity contribution >= 4 is 27.8 Å². The van der Waals surface area contributed by atoms with Gasteiger partial charge in [0.25, 0.3) is 0 Å². The van der Waals surface area contributed by atoms with E-state index in [1.165, 1.54) is 0 Å². The minimum atomic E-state index is -0.0568. The zero-order valence-corrected chi connectivity index (χ0v) is 19.6. The van der Waals surface area contributed by atoms with Crippen LogP contribution in [0.1, 0.15) is 27.0 Å². The van der Waals surface area contributed by atoms with Gasteiger partial charge in [0.15, 0.2) is 17.3 Å². The van der Waals surface area contributed by atoms with Crippen molar-refractivity contribution in [1.29, 1.82) is 0 Å². The lowest BCUT2D eigenvalue weighted by atomic mass is 10.1. The summed E-state index contributed by atoms with van der Waals surface area (Å²) in [6.45, 7) is 0.868. The SMILES string of the molecule is O=C(/C=C/c1ccc(OCc2ccccc2)c(OCc2ccccc2)c1)c1ccc(Br)cc1. The summed E-state index contributed by atoms with van der Waals surface area (Å²) in [6, 6.07) is 33.0. The molecule has 0 aliphatic rings. The predicted molar refractivity (Wildman–Crippen MR) is 135 cm³/mol. The van der Waals surface area contributed by atoms with Gasteiger partial charge in [-0.1, -0.05) is 88.7 Å². The molecule has 0 bridgehead atoms. The molecule has 0 saturated heterocycles. The molecule has 33 heavy (non-hydrogen) atoms. The third-order valence-corrected chi connectivity index (χ3v) is 5.53. The largest absolute Gasteiger partial charge is 0.485 e. The Labute approximate surface area is 202 Å². The fourth-order valence-corrected chi connectivity index (χ4v) is 3.48. The van der Waals surface area contributed by atoms with Gasteiger partial charge in [0.05, 0.1) is 0 Å². The second-order valence-electron chi connectivity index (χ2n) is 7.46. The second kappa shape index (κ2) is 11.3. The third kappa shape index (κ3) is 6.67. The van der Waals surface area contributed by atoms with Crippen molar-refractivity contribution in [2.45, 2.75) is 13.2 Å². The molecule has 4 aromatic rings. The van der Waals surface area contributed by atoms with Gasteiger partial charge < -0.3 is 9.47 Å². The van der Waals surface area contributed by atoms with Crippen LogP contribution in [0.4, 0.5) is 0 Å². The molecule has 4 rings (SSSR count). The molecule has 4 aromatic carbocycles. The first-order chi connectivity index (χ1) is 16.2. The van der Waals surface area contributed by atoms with E-state index in [2.05, 4.69) is 15.9 Å². The summed E-state index contributed by atoms with van der Waals surface area (Å²) < 4.78 is 13.1. The molecule has 0 N–H and O–H groups in total. The second-order valence-corrected chi connectivity index (χ2v) is 8.37. The average molecular weight is 499 g/mol. The Bertz CT molecular complexity index is 1220. The molecular weight excluding hydrogens is 476 g/mol. The highest BCUT2D eigenvalue weighted by Crippen LogP contribution is 2.30. The van der Waals surface area contributed by atoms with E-state index in [1.807, 2.05) is 91.0 Å². The number of ether oxygens (including phenoxy) is 2. The van der Waals surface area contributed by atoms with Crippen LogP contribution in [0.2, 0.25) is 0 Å². The molecule has 0 aliphatic carbocycles. The molecule has 4 heteroatoms. The number of ketones is 1. The summed E-state index contributed by atoms with van der Waals surface area (Å²) in [6.07, 6.45) is 3.37. The van der Waals surface area contributed by atoms with E-state index in [0.29, 0.717) is 30.3 Å². The zero-order chi connectivity index (χ0) is 22.9. The Hall–Kier alpha value is -3.63. The monoisotopic (exact) mass is 498 g/mol. The molecule has 0 heterocycles. The minimum Gasteiger partial charge on any atom is -0.485 e. The van der Waals surface area contributed by atoms with Crippen LogP contribution < -0.4 is 9.47 Å². The van der Waals surface area contributed by atoms with E-state index in [4.69, 9.17) is 9.47 Å². The van der Waals surface area contributed by atoms with Crippen molar-refractivity contribution in [3.8, 4) is 11.5 Å². The summed E-state index contributed by atoms with van der Waals surface area (Å²) in [5.74, 6) is 1.23. The molecule has 0 fully saturated rings. The number of hydrogen-bond acceptors (Lipinski definition) is 3. The van der Waals surface area contributed by atoms with Gasteiger partial charge in [-0.15, -0.1) is 0 Å². The highest BCUT2D eigenvalue weighted by atomic mass is 79.9. The first kappa shape index (κ1) is 22.6. The van der Waals surface area contributed by atoms with E-state index in [9.17, 15) is 4.79 Å². The molecule has 164 valence electrons. The van der Waals surface area contributed by atoms with Gasteiger partial charge in [-0.2, -0.15) is 0 Å². The predicted octanol–water partition coefficient (Wildman–Crippen LogP) is 7.50. The first-order valence-corrected chi connectivity index (χ1v) is 11.4. The van der Waals surface area contributed by atoms with Crippen molar-refractivity contribution in [2.24, 2.45) is 0 Å². The topological polar surface area (TPSA) is 35.5 Å². The molecule has 0 unspecified atom stereocenters. The van der Waals surface area contributed by atoms with Crippen molar-refractivity contribution in [1.82, 2.24) is 0 Å². The fraction of sp³-hybridized carbons (Fsp3) is 0.0690. The Morgan fingerprint density at radius 1 is 0.697 bits per heavy atom. The molecular formula is C29H23BrO3. The summed E-state index contributed by atoms with van der Waals surface area (Å²) >= 11 is 3.39. The van der Waals surface area contributed by atoms with Crippen LogP contribution in [0.3, 0.4) is 0 Å². The van der Waals surface area contributed by atoms with E-state index in [1.54, 1.807) is 24.3 Å². The number of benzene rings is 4. The Morgan fingerprint density at radius 3 is 1.88 bits per heavy atom. The quantitative estimate of drug-likeness (QED) is 0.177. The maximum absolute atomic E-state index is 12.5. The van der Waals surface area contributed by atoms with Crippen LogP contribution in [0.25, 0.3) is 6.08 Å². The number of carbonyl (C=O) groups excluding carboxylic acids is 1. The van der Waals surface area contributed by atoms with Gasteiger partial charge in [0, 0.05) is 10.0 Å². The zero-order valence-electron chi connectivity index (χ0n) is 18.0. The summed E-state index contributed by atoms with van der Waals surface area (Å²) in [5, 5.41) is 0. The van der Waals surface area contributed by atoms with E-state index >= 15 is 0 Å². The lowest BCUT2D eigenvalue weighted by Gasteiger charge is -2.14. The summed E-state index contributed by atoms with van der Waals surface area (Å²) in [5.41, 5.74) is 3.64. The van der Waals surface area contributed by atoms with Gasteiger partial charge in [-0.3, -0.25) is 4.79 Å². The Balaban J connectivity index is 1.52. The van der Waals surface area contributed by atoms with E-state index in [-0.39, 0.29) is 5.78 Å². The van der Waals surface area contributed by atoms with E-state index < -0.39 is 0 Å². The molecule has 0 aliphatic heterocycles. The number of rotatable bonds is 9. The lowest BCUT2D eigenvalue weighted by Crippen LogP contribution is -2.01. The van der Waals surface area contributed by atoms with Crippen molar-refractivity contribution in [3.63, 3.8) is 0 Å². The highest BCUT2D eigenvalue weighted by Gasteiger charge is 2.08. The van der Waals surface area contributed by atoms with Crippen LogP contribution in [-0.2, 0) is 13.2 Å². The third-order valence-electron chi connectivity index (χ3n) is 5.00. The van der Waals surface area contributed by atoms with Crippen LogP contribution in [0.15, 0.2) is 114 Å². The maximum Gasteiger partial charge on any atom is 0.185 e. The average Bonchev–Trinajstić information content (AvgIpc) is 2.87. The molecule has 0 atom stereocenters. The lowest BCUT2D eigenvalue weighted by molar-refractivity contribution is 0.104. The molecule has 0 radical (unpaired) electrons. The van der Waals surface area contributed by atoms with Crippen LogP contribution in [0, 0.1) is 0 Å². The Morgan fingerprint density at radius 2 is 1.27 bits per heavy atom. The van der Waals surface area contributed by atoms with Gasteiger partial charge in [-0.05, 0) is 59.2 Å². The van der Waals surface area contributed by atoms with E-state index in [0.717, 1.165) is 21.2 Å². The first-order valence-electron chi connectivity index (χ1n) is 10.6. The summed E-state index contributed by atoms with van der Waals surface area (Å²) in [4.78, 5) is 12.5. The summed E-state index contributed by atoms with van der Waals surface area (Å²) in [7, 11) is 0. The Kier molecular flexibility index (Phi) is 7.72. The van der Waals surface area contributed by atoms with Gasteiger partial charge >= 0.3 is 0 Å². The van der Waals surface area contributed by atoms with Crippen molar-refractivity contribution < 1.29 is 14.3 Å². The maximum atomic E-state index is 12.5. The van der Waals surface area contributed by atoms with Crippen molar-refractivity contribution in [2.75, 3.05) is 0 Å². The molecule has 3 nitrogen and oxygen atoms in total. The van der Waals surface area contributed by atoms with Crippen molar-refractivity contribution in [3.05, 3.63) is 136 Å². The smallest absolute Gasteiger partial charge is 0.185 e. The van der Waals surface area contributed by atoms with Gasteiger partial charge in [0.2, 0.25) is 0 Å². The van der Waals surface area contributed by atoms with Crippen LogP contribution in [-0.4, -0.2) is 5.78 Å². The van der Waals surface area contributed by atoms with Gasteiger partial charge in [-0.25, -0.2) is 0 Å². The minimum absolute atomic E-state index is 0.0568. The number of carbonyl (C=O) groups is 1. The number of allylic oxidation sites excluding steroid dienone is 1.